The summed E-state index contributed by atoms with van der Waals surface area (Å²) >= 11 is 9.19. The van der Waals surface area contributed by atoms with Crippen molar-refractivity contribution in [2.24, 2.45) is 5.10 Å². The van der Waals surface area contributed by atoms with Gasteiger partial charge in [0.05, 0.1) is 42.3 Å². The first kappa shape index (κ1) is 22.8. The molecule has 0 saturated carbocycles. The van der Waals surface area contributed by atoms with Gasteiger partial charge in [-0.25, -0.2) is 18.2 Å². The quantitative estimate of drug-likeness (QED) is 0.446. The fourth-order valence-corrected chi connectivity index (χ4v) is 4.96. The highest BCUT2D eigenvalue weighted by molar-refractivity contribution is 9.10. The standard InChI is InChI=1S/C19H19BrClFN4O3S/c20-14-4-6-15(7-5-14)30(28,29)26-10-8-25(9-11-26)13-19(27)24-23-12-16-17(21)2-1-3-18(16)22/h1-7,12H,8-11,13H2,(H,24,27)/p+1/b23-12+. The van der Waals surface area contributed by atoms with E-state index in [4.69, 9.17) is 11.6 Å². The van der Waals surface area contributed by atoms with Crippen LogP contribution in [0.4, 0.5) is 4.39 Å². The zero-order chi connectivity index (χ0) is 21.7. The van der Waals surface area contributed by atoms with Gasteiger partial charge in [0, 0.05) is 10.0 Å². The highest BCUT2D eigenvalue weighted by Crippen LogP contribution is 2.19. The van der Waals surface area contributed by atoms with E-state index in [2.05, 4.69) is 26.5 Å². The van der Waals surface area contributed by atoms with Gasteiger partial charge in [-0.3, -0.25) is 4.79 Å². The average molecular weight is 519 g/mol. The van der Waals surface area contributed by atoms with Crippen molar-refractivity contribution in [3.05, 3.63) is 63.3 Å². The van der Waals surface area contributed by atoms with E-state index >= 15 is 0 Å². The Kier molecular flexibility index (Phi) is 7.59. The maximum absolute atomic E-state index is 13.7. The predicted molar refractivity (Wildman–Crippen MR) is 116 cm³/mol. The van der Waals surface area contributed by atoms with Gasteiger partial charge in [-0.1, -0.05) is 33.6 Å². The summed E-state index contributed by atoms with van der Waals surface area (Å²) in [5, 5.41) is 3.95. The predicted octanol–water partition coefficient (Wildman–Crippen LogP) is 1.28. The van der Waals surface area contributed by atoms with Crippen LogP contribution in [-0.2, 0) is 14.8 Å². The van der Waals surface area contributed by atoms with E-state index < -0.39 is 15.8 Å². The fourth-order valence-electron chi connectivity index (χ4n) is 3.04. The van der Waals surface area contributed by atoms with Gasteiger partial charge in [-0.2, -0.15) is 9.41 Å². The van der Waals surface area contributed by atoms with E-state index in [1.54, 1.807) is 24.3 Å². The lowest BCUT2D eigenvalue weighted by molar-refractivity contribution is -0.895. The van der Waals surface area contributed by atoms with Crippen molar-refractivity contribution in [2.75, 3.05) is 32.7 Å². The Morgan fingerprint density at radius 3 is 2.53 bits per heavy atom. The number of nitrogens with one attached hydrogen (secondary N) is 2. The second-order valence-corrected chi connectivity index (χ2v) is 9.97. The number of hydrogen-bond donors (Lipinski definition) is 2. The molecule has 0 bridgehead atoms. The molecular formula is C19H20BrClFN4O3S+. The molecule has 0 unspecified atom stereocenters. The van der Waals surface area contributed by atoms with Crippen LogP contribution in [-0.4, -0.2) is 57.6 Å². The Morgan fingerprint density at radius 2 is 1.90 bits per heavy atom. The molecule has 0 aliphatic carbocycles. The average Bonchev–Trinajstić information content (AvgIpc) is 2.71. The molecule has 1 amide bonds. The van der Waals surface area contributed by atoms with Crippen LogP contribution >= 0.6 is 27.5 Å². The molecule has 2 aromatic carbocycles. The molecule has 160 valence electrons. The number of sulfonamides is 1. The maximum Gasteiger partial charge on any atom is 0.295 e. The molecular weight excluding hydrogens is 499 g/mol. The van der Waals surface area contributed by atoms with Gasteiger partial charge < -0.3 is 4.90 Å². The lowest BCUT2D eigenvalue weighted by Gasteiger charge is -2.31. The number of hydrazone groups is 1. The molecule has 1 aliphatic rings. The SMILES string of the molecule is O=C(C[NH+]1CCN(S(=O)(=O)c2ccc(Br)cc2)CC1)N/N=C/c1c(F)cccc1Cl. The molecule has 30 heavy (non-hydrogen) atoms. The smallest absolute Gasteiger partial charge is 0.295 e. The van der Waals surface area contributed by atoms with Gasteiger partial charge in [0.1, 0.15) is 5.82 Å². The Hall–Kier alpha value is -1.85. The number of amides is 1. The molecule has 7 nitrogen and oxygen atoms in total. The molecule has 0 spiro atoms. The number of rotatable bonds is 6. The van der Waals surface area contributed by atoms with Gasteiger partial charge >= 0.3 is 0 Å². The van der Waals surface area contributed by atoms with Crippen molar-refractivity contribution in [3.63, 3.8) is 0 Å². The van der Waals surface area contributed by atoms with Crippen molar-refractivity contribution in [1.82, 2.24) is 9.73 Å². The summed E-state index contributed by atoms with van der Waals surface area (Å²) in [6, 6.07) is 10.8. The van der Waals surface area contributed by atoms with Crippen LogP contribution in [0.25, 0.3) is 0 Å². The summed E-state index contributed by atoms with van der Waals surface area (Å²) in [4.78, 5) is 13.3. The first-order valence-corrected chi connectivity index (χ1v) is 11.7. The molecule has 1 heterocycles. The van der Waals surface area contributed by atoms with E-state index in [0.29, 0.717) is 26.2 Å². The summed E-state index contributed by atoms with van der Waals surface area (Å²) in [5.74, 6) is -0.882. The third kappa shape index (κ3) is 5.64. The van der Waals surface area contributed by atoms with Crippen LogP contribution in [0.1, 0.15) is 5.56 Å². The molecule has 2 aromatic rings. The Balaban J connectivity index is 1.50. The number of quaternary nitrogens is 1. The second-order valence-electron chi connectivity index (χ2n) is 6.71. The Morgan fingerprint density at radius 1 is 1.23 bits per heavy atom. The maximum atomic E-state index is 13.7. The zero-order valence-electron chi connectivity index (χ0n) is 15.8. The van der Waals surface area contributed by atoms with E-state index in [1.165, 1.54) is 22.5 Å². The topological polar surface area (TPSA) is 83.3 Å². The lowest BCUT2D eigenvalue weighted by Crippen LogP contribution is -3.15. The minimum atomic E-state index is -3.56. The molecule has 1 saturated heterocycles. The van der Waals surface area contributed by atoms with Crippen molar-refractivity contribution < 1.29 is 22.5 Å². The number of benzene rings is 2. The second kappa shape index (κ2) is 9.97. The highest BCUT2D eigenvalue weighted by atomic mass is 79.9. The third-order valence-electron chi connectivity index (χ3n) is 4.67. The van der Waals surface area contributed by atoms with Crippen molar-refractivity contribution in [2.45, 2.75) is 4.90 Å². The molecule has 2 N–H and O–H groups in total. The molecule has 11 heteroatoms. The number of piperazine rings is 1. The molecule has 1 fully saturated rings. The van der Waals surface area contributed by atoms with E-state index in [1.807, 2.05) is 0 Å². The van der Waals surface area contributed by atoms with E-state index in [9.17, 15) is 17.6 Å². The van der Waals surface area contributed by atoms with Gasteiger partial charge in [0.2, 0.25) is 10.0 Å². The summed E-state index contributed by atoms with van der Waals surface area (Å²) < 4.78 is 41.3. The van der Waals surface area contributed by atoms with Gasteiger partial charge in [0.15, 0.2) is 6.54 Å². The molecule has 1 aliphatic heterocycles. The number of nitrogens with zero attached hydrogens (tertiary/aromatic N) is 2. The number of carbonyl (C=O) groups is 1. The first-order chi connectivity index (χ1) is 14.3. The van der Waals surface area contributed by atoms with Gasteiger partial charge in [0.25, 0.3) is 5.91 Å². The van der Waals surface area contributed by atoms with Gasteiger partial charge in [-0.15, -0.1) is 0 Å². The summed E-state index contributed by atoms with van der Waals surface area (Å²) in [6.45, 7) is 1.75. The van der Waals surface area contributed by atoms with E-state index in [0.717, 1.165) is 15.6 Å². The van der Waals surface area contributed by atoms with Crippen molar-refractivity contribution in [1.29, 1.82) is 0 Å². The van der Waals surface area contributed by atoms with Crippen LogP contribution < -0.4 is 10.3 Å². The van der Waals surface area contributed by atoms with Crippen LogP contribution in [0.5, 0.6) is 0 Å². The lowest BCUT2D eigenvalue weighted by atomic mass is 10.2. The van der Waals surface area contributed by atoms with E-state index in [-0.39, 0.29) is 27.9 Å². The monoisotopic (exact) mass is 517 g/mol. The normalized spacial score (nSPS) is 16.1. The summed E-state index contributed by atoms with van der Waals surface area (Å²) in [6.07, 6.45) is 1.16. The Bertz CT molecular complexity index is 1020. The fraction of sp³-hybridized carbons (Fsp3) is 0.263. The van der Waals surface area contributed by atoms with Crippen LogP contribution in [0.2, 0.25) is 5.02 Å². The molecule has 0 aromatic heterocycles. The minimum Gasteiger partial charge on any atom is -0.325 e. The van der Waals surface area contributed by atoms with Crippen molar-refractivity contribution >= 4 is 49.7 Å². The number of carbonyl (C=O) groups excluding carboxylic acids is 1. The first-order valence-electron chi connectivity index (χ1n) is 9.12. The molecule has 0 radical (unpaired) electrons. The molecule has 0 atom stereocenters. The number of hydrogen-bond acceptors (Lipinski definition) is 4. The van der Waals surface area contributed by atoms with Crippen LogP contribution in [0.3, 0.4) is 0 Å². The van der Waals surface area contributed by atoms with Crippen LogP contribution in [0.15, 0.2) is 56.9 Å². The summed E-state index contributed by atoms with van der Waals surface area (Å²) in [5.41, 5.74) is 2.45. The number of halogens is 3. The Labute approximate surface area is 187 Å². The summed E-state index contributed by atoms with van der Waals surface area (Å²) in [7, 11) is -3.56. The van der Waals surface area contributed by atoms with Crippen molar-refractivity contribution in [3.8, 4) is 0 Å². The van der Waals surface area contributed by atoms with Crippen LogP contribution in [0, 0.1) is 5.82 Å². The minimum absolute atomic E-state index is 0.0959. The zero-order valence-corrected chi connectivity index (χ0v) is 19.0. The largest absolute Gasteiger partial charge is 0.325 e. The third-order valence-corrected chi connectivity index (χ3v) is 7.45. The molecule has 3 rings (SSSR count). The van der Waals surface area contributed by atoms with Gasteiger partial charge in [-0.05, 0) is 36.4 Å². The highest BCUT2D eigenvalue weighted by Gasteiger charge is 2.31.